The number of carbonyl (C=O) groups excluding carboxylic acids is 2. The number of aryl methyl sites for hydroxylation is 1. The zero-order valence-corrected chi connectivity index (χ0v) is 21.5. The van der Waals surface area contributed by atoms with Crippen molar-refractivity contribution in [3.05, 3.63) is 97.9 Å². The predicted octanol–water partition coefficient (Wildman–Crippen LogP) is 7.52. The van der Waals surface area contributed by atoms with Crippen LogP contribution >= 0.6 is 35.0 Å². The molecule has 5 nitrogen and oxygen atoms in total. The summed E-state index contributed by atoms with van der Waals surface area (Å²) in [4.78, 5) is 27.1. The van der Waals surface area contributed by atoms with E-state index in [2.05, 4.69) is 0 Å². The number of halogens is 2. The van der Waals surface area contributed by atoms with Gasteiger partial charge in [-0.3, -0.25) is 14.5 Å². The van der Waals surface area contributed by atoms with Crippen molar-refractivity contribution in [1.29, 1.82) is 0 Å². The molecule has 2 amide bonds. The maximum Gasteiger partial charge on any atom is 0.293 e. The minimum absolute atomic E-state index is 0.243. The molecule has 0 atom stereocenters. The maximum absolute atomic E-state index is 12.9. The van der Waals surface area contributed by atoms with Crippen LogP contribution in [-0.2, 0) is 17.9 Å². The summed E-state index contributed by atoms with van der Waals surface area (Å²) in [7, 11) is 0. The van der Waals surface area contributed by atoms with E-state index >= 15 is 0 Å². The van der Waals surface area contributed by atoms with Crippen molar-refractivity contribution in [2.75, 3.05) is 6.61 Å². The van der Waals surface area contributed by atoms with Crippen LogP contribution in [0.3, 0.4) is 0 Å². The summed E-state index contributed by atoms with van der Waals surface area (Å²) < 4.78 is 11.7. The van der Waals surface area contributed by atoms with E-state index in [4.69, 9.17) is 32.7 Å². The van der Waals surface area contributed by atoms with Gasteiger partial charge in [-0.15, -0.1) is 0 Å². The highest BCUT2D eigenvalue weighted by molar-refractivity contribution is 8.18. The first-order chi connectivity index (χ1) is 16.8. The molecule has 3 aromatic rings. The lowest BCUT2D eigenvalue weighted by molar-refractivity contribution is -0.123. The van der Waals surface area contributed by atoms with Crippen molar-refractivity contribution in [2.45, 2.75) is 27.0 Å². The average Bonchev–Trinajstić information content (AvgIpc) is 3.07. The lowest BCUT2D eigenvalue weighted by atomic mass is 10.1. The molecule has 0 radical (unpaired) electrons. The highest BCUT2D eigenvalue weighted by Crippen LogP contribution is 2.36. The molecular formula is C27H23Cl2NO4S. The van der Waals surface area contributed by atoms with Gasteiger partial charge >= 0.3 is 0 Å². The summed E-state index contributed by atoms with van der Waals surface area (Å²) in [5, 5.41) is 0.794. The summed E-state index contributed by atoms with van der Waals surface area (Å²) in [5.41, 5.74) is 3.51. The minimum atomic E-state index is -0.308. The van der Waals surface area contributed by atoms with Gasteiger partial charge in [0, 0.05) is 15.6 Å². The van der Waals surface area contributed by atoms with E-state index in [-0.39, 0.29) is 24.3 Å². The Bertz CT molecular complexity index is 1310. The van der Waals surface area contributed by atoms with Crippen LogP contribution in [0.5, 0.6) is 11.5 Å². The molecule has 0 aliphatic carbocycles. The Balaban J connectivity index is 1.51. The number of carbonyl (C=O) groups is 2. The molecule has 1 fully saturated rings. The molecule has 1 aliphatic heterocycles. The number of imide groups is 1. The molecule has 3 aromatic carbocycles. The van der Waals surface area contributed by atoms with Gasteiger partial charge in [0.25, 0.3) is 11.1 Å². The van der Waals surface area contributed by atoms with Crippen molar-refractivity contribution >= 4 is 52.2 Å². The number of benzene rings is 3. The zero-order valence-electron chi connectivity index (χ0n) is 19.2. The van der Waals surface area contributed by atoms with Gasteiger partial charge in [-0.2, -0.15) is 0 Å². The predicted molar refractivity (Wildman–Crippen MR) is 141 cm³/mol. The van der Waals surface area contributed by atoms with E-state index in [1.165, 1.54) is 4.90 Å². The normalized spacial score (nSPS) is 14.6. The SMILES string of the molecule is CCOc1cc(/C=C2\SC(=O)N(Cc3cccc(C)c3)C2=O)ccc1OCc1ccc(Cl)cc1Cl. The molecule has 0 saturated carbocycles. The van der Waals surface area contributed by atoms with Gasteiger partial charge in [0.2, 0.25) is 0 Å². The molecule has 4 rings (SSSR count). The minimum Gasteiger partial charge on any atom is -0.490 e. The summed E-state index contributed by atoms with van der Waals surface area (Å²) in [5.74, 6) is 0.769. The maximum atomic E-state index is 12.9. The van der Waals surface area contributed by atoms with Gasteiger partial charge < -0.3 is 9.47 Å². The molecule has 1 saturated heterocycles. The van der Waals surface area contributed by atoms with Crippen LogP contribution in [0.2, 0.25) is 10.0 Å². The van der Waals surface area contributed by atoms with Crippen molar-refractivity contribution in [3.8, 4) is 11.5 Å². The van der Waals surface area contributed by atoms with Crippen LogP contribution in [0.15, 0.2) is 65.6 Å². The summed E-state index contributed by atoms with van der Waals surface area (Å²) in [6, 6.07) is 18.4. The molecule has 0 spiro atoms. The Labute approximate surface area is 218 Å². The molecule has 180 valence electrons. The van der Waals surface area contributed by atoms with Gasteiger partial charge in [0.15, 0.2) is 11.5 Å². The Kier molecular flexibility index (Phi) is 8.06. The summed E-state index contributed by atoms with van der Waals surface area (Å²) in [6.45, 7) is 4.78. The van der Waals surface area contributed by atoms with Crippen LogP contribution in [-0.4, -0.2) is 22.7 Å². The van der Waals surface area contributed by atoms with Crippen LogP contribution in [0.1, 0.15) is 29.2 Å². The highest BCUT2D eigenvalue weighted by Gasteiger charge is 2.35. The van der Waals surface area contributed by atoms with Crippen molar-refractivity contribution < 1.29 is 19.1 Å². The molecule has 0 N–H and O–H groups in total. The average molecular weight is 528 g/mol. The second-order valence-corrected chi connectivity index (χ2v) is 9.76. The largest absolute Gasteiger partial charge is 0.490 e. The molecule has 35 heavy (non-hydrogen) atoms. The Morgan fingerprint density at radius 1 is 0.971 bits per heavy atom. The van der Waals surface area contributed by atoms with Crippen molar-refractivity contribution in [2.24, 2.45) is 0 Å². The van der Waals surface area contributed by atoms with Crippen LogP contribution in [0, 0.1) is 6.92 Å². The third-order valence-corrected chi connectivity index (χ3v) is 6.75. The molecule has 0 bridgehead atoms. The zero-order chi connectivity index (χ0) is 24.9. The Morgan fingerprint density at radius 3 is 2.54 bits per heavy atom. The fourth-order valence-corrected chi connectivity index (χ4v) is 4.88. The lowest BCUT2D eigenvalue weighted by Crippen LogP contribution is -2.27. The third-order valence-electron chi connectivity index (χ3n) is 5.26. The van der Waals surface area contributed by atoms with Crippen LogP contribution in [0.25, 0.3) is 6.08 Å². The molecule has 8 heteroatoms. The van der Waals surface area contributed by atoms with Gasteiger partial charge in [-0.1, -0.05) is 65.2 Å². The van der Waals surface area contributed by atoms with Crippen LogP contribution in [0.4, 0.5) is 4.79 Å². The number of nitrogens with zero attached hydrogens (tertiary/aromatic N) is 1. The molecule has 1 aliphatic rings. The number of ether oxygens (including phenoxy) is 2. The first-order valence-electron chi connectivity index (χ1n) is 11.0. The number of thioether (sulfide) groups is 1. The van der Waals surface area contributed by atoms with Crippen molar-refractivity contribution in [1.82, 2.24) is 4.90 Å². The summed E-state index contributed by atoms with van der Waals surface area (Å²) >= 11 is 13.1. The number of amides is 2. The van der Waals surface area contributed by atoms with Gasteiger partial charge in [-0.05, 0) is 67.1 Å². The van der Waals surface area contributed by atoms with Crippen LogP contribution < -0.4 is 9.47 Å². The second kappa shape index (κ2) is 11.2. The standard InChI is InChI=1S/C27H23Cl2NO4S/c1-3-33-24-12-18(7-10-23(24)34-16-20-8-9-21(28)14-22(20)29)13-25-26(31)30(27(32)35-25)15-19-6-4-5-17(2)11-19/h4-14H,3,15-16H2,1-2H3/b25-13-. The topological polar surface area (TPSA) is 55.8 Å². The van der Waals surface area contributed by atoms with E-state index in [0.29, 0.717) is 33.1 Å². The number of hydrogen-bond donors (Lipinski definition) is 0. The van der Waals surface area contributed by atoms with Gasteiger partial charge in [0.1, 0.15) is 6.61 Å². The van der Waals surface area contributed by atoms with E-state index < -0.39 is 0 Å². The third kappa shape index (κ3) is 6.20. The van der Waals surface area contributed by atoms with Gasteiger partial charge in [-0.25, -0.2) is 0 Å². The van der Waals surface area contributed by atoms with E-state index in [9.17, 15) is 9.59 Å². The van der Waals surface area contributed by atoms with E-state index in [0.717, 1.165) is 34.0 Å². The second-order valence-electron chi connectivity index (χ2n) is 7.92. The van der Waals surface area contributed by atoms with E-state index in [1.54, 1.807) is 30.3 Å². The molecule has 1 heterocycles. The van der Waals surface area contributed by atoms with Gasteiger partial charge in [0.05, 0.1) is 18.1 Å². The number of rotatable bonds is 8. The fourth-order valence-electron chi connectivity index (χ4n) is 3.58. The van der Waals surface area contributed by atoms with E-state index in [1.807, 2.05) is 50.2 Å². The Morgan fingerprint density at radius 2 is 1.80 bits per heavy atom. The fraction of sp³-hybridized carbons (Fsp3) is 0.185. The quantitative estimate of drug-likeness (QED) is 0.283. The van der Waals surface area contributed by atoms with Crippen molar-refractivity contribution in [3.63, 3.8) is 0 Å². The monoisotopic (exact) mass is 527 g/mol. The lowest BCUT2D eigenvalue weighted by Gasteiger charge is -2.14. The molecule has 0 aromatic heterocycles. The Hall–Kier alpha value is -2.93. The first-order valence-corrected chi connectivity index (χ1v) is 12.6. The summed E-state index contributed by atoms with van der Waals surface area (Å²) in [6.07, 6.45) is 1.70. The molecule has 0 unspecified atom stereocenters. The smallest absolute Gasteiger partial charge is 0.293 e. The number of hydrogen-bond acceptors (Lipinski definition) is 5. The first kappa shape index (κ1) is 25.2. The molecular weight excluding hydrogens is 505 g/mol. The highest BCUT2D eigenvalue weighted by atomic mass is 35.5.